The van der Waals surface area contributed by atoms with Crippen LogP contribution in [0.4, 0.5) is 0 Å². The van der Waals surface area contributed by atoms with E-state index in [1.54, 1.807) is 7.11 Å². The van der Waals surface area contributed by atoms with E-state index in [1.165, 1.54) is 18.4 Å². The Kier molecular flexibility index (Phi) is 6.33. The maximum Gasteiger partial charge on any atom is 0.161 e. The highest BCUT2D eigenvalue weighted by Crippen LogP contribution is 2.28. The molecule has 0 bridgehead atoms. The van der Waals surface area contributed by atoms with Gasteiger partial charge in [-0.15, -0.1) is 0 Å². The third-order valence-electron chi connectivity index (χ3n) is 3.96. The lowest BCUT2D eigenvalue weighted by Gasteiger charge is -2.19. The van der Waals surface area contributed by atoms with Gasteiger partial charge < -0.3 is 19.7 Å². The van der Waals surface area contributed by atoms with E-state index in [0.717, 1.165) is 43.7 Å². The number of likely N-dealkylation sites (N-methyl/N-ethyl adjacent to an activating group) is 1. The smallest absolute Gasteiger partial charge is 0.161 e. The molecule has 0 unspecified atom stereocenters. The fraction of sp³-hybridized carbons (Fsp3) is 0.647. The molecule has 2 rings (SSSR count). The Morgan fingerprint density at radius 2 is 1.95 bits per heavy atom. The highest BCUT2D eigenvalue weighted by molar-refractivity contribution is 5.43. The van der Waals surface area contributed by atoms with Crippen LogP contribution in [0.25, 0.3) is 0 Å². The first-order chi connectivity index (χ1) is 10.3. The van der Waals surface area contributed by atoms with Gasteiger partial charge in [0.25, 0.3) is 0 Å². The van der Waals surface area contributed by atoms with Gasteiger partial charge >= 0.3 is 0 Å². The van der Waals surface area contributed by atoms with Crippen molar-refractivity contribution in [2.45, 2.75) is 39.3 Å². The third kappa shape index (κ3) is 5.21. The van der Waals surface area contributed by atoms with Crippen LogP contribution in [0.5, 0.6) is 11.5 Å². The fourth-order valence-corrected chi connectivity index (χ4v) is 2.32. The van der Waals surface area contributed by atoms with E-state index in [4.69, 9.17) is 9.47 Å². The highest BCUT2D eigenvalue weighted by Gasteiger charge is 2.20. The minimum absolute atomic E-state index is 0.692. The molecular formula is C17H28N2O2. The van der Waals surface area contributed by atoms with Gasteiger partial charge in [-0.25, -0.2) is 0 Å². The maximum absolute atomic E-state index is 5.87. The van der Waals surface area contributed by atoms with Gasteiger partial charge in [0.1, 0.15) is 6.61 Å². The number of benzene rings is 1. The predicted octanol–water partition coefficient (Wildman–Crippen LogP) is 2.67. The number of ether oxygens (including phenoxy) is 2. The highest BCUT2D eigenvalue weighted by atomic mass is 16.5. The van der Waals surface area contributed by atoms with E-state index in [0.29, 0.717) is 6.61 Å². The summed E-state index contributed by atoms with van der Waals surface area (Å²) >= 11 is 0. The second kappa shape index (κ2) is 8.25. The Morgan fingerprint density at radius 3 is 2.57 bits per heavy atom. The number of hydrogen-bond acceptors (Lipinski definition) is 4. The van der Waals surface area contributed by atoms with Crippen molar-refractivity contribution >= 4 is 0 Å². The largest absolute Gasteiger partial charge is 0.493 e. The van der Waals surface area contributed by atoms with Crippen LogP contribution in [0.3, 0.4) is 0 Å². The second-order valence-electron chi connectivity index (χ2n) is 5.52. The molecule has 0 aromatic heterocycles. The summed E-state index contributed by atoms with van der Waals surface area (Å²) in [5.41, 5.74) is 1.25. The quantitative estimate of drug-likeness (QED) is 0.719. The standard InChI is InChI=1S/C17H28N2O2/c1-4-19(5-2)10-11-21-16-9-6-14(12-17(16)20-3)13-18-15-7-8-15/h6,9,12,15,18H,4-5,7-8,10-11,13H2,1-3H3. The lowest BCUT2D eigenvalue weighted by atomic mass is 10.2. The number of methoxy groups -OCH3 is 1. The molecule has 118 valence electrons. The van der Waals surface area contributed by atoms with E-state index in [9.17, 15) is 0 Å². The fourth-order valence-electron chi connectivity index (χ4n) is 2.32. The zero-order chi connectivity index (χ0) is 15.1. The molecule has 0 spiro atoms. The summed E-state index contributed by atoms with van der Waals surface area (Å²) in [6.45, 7) is 9.00. The lowest BCUT2D eigenvalue weighted by Crippen LogP contribution is -2.27. The zero-order valence-corrected chi connectivity index (χ0v) is 13.5. The molecule has 1 fully saturated rings. The molecule has 1 aliphatic rings. The molecule has 0 heterocycles. The van der Waals surface area contributed by atoms with Crippen LogP contribution in [-0.4, -0.2) is 44.3 Å². The molecule has 0 amide bonds. The second-order valence-corrected chi connectivity index (χ2v) is 5.52. The summed E-state index contributed by atoms with van der Waals surface area (Å²) in [4.78, 5) is 2.35. The Bertz CT molecular complexity index is 429. The van der Waals surface area contributed by atoms with E-state index >= 15 is 0 Å². The Morgan fingerprint density at radius 1 is 1.19 bits per heavy atom. The molecule has 1 aromatic carbocycles. The molecular weight excluding hydrogens is 264 g/mol. The van der Waals surface area contributed by atoms with Crippen molar-refractivity contribution in [3.63, 3.8) is 0 Å². The van der Waals surface area contributed by atoms with E-state index in [1.807, 2.05) is 6.07 Å². The van der Waals surface area contributed by atoms with Crippen molar-refractivity contribution in [2.75, 3.05) is 33.4 Å². The summed E-state index contributed by atoms with van der Waals surface area (Å²) in [7, 11) is 1.70. The van der Waals surface area contributed by atoms with E-state index in [2.05, 4.69) is 36.2 Å². The van der Waals surface area contributed by atoms with Gasteiger partial charge in [0.05, 0.1) is 7.11 Å². The first-order valence-corrected chi connectivity index (χ1v) is 8.02. The average Bonchev–Trinajstić information content (AvgIpc) is 3.34. The number of hydrogen-bond donors (Lipinski definition) is 1. The van der Waals surface area contributed by atoms with Gasteiger partial charge in [-0.3, -0.25) is 0 Å². The summed E-state index contributed by atoms with van der Waals surface area (Å²) in [6, 6.07) is 6.93. The molecule has 1 saturated carbocycles. The van der Waals surface area contributed by atoms with Crippen molar-refractivity contribution < 1.29 is 9.47 Å². The van der Waals surface area contributed by atoms with Crippen molar-refractivity contribution in [3.8, 4) is 11.5 Å². The van der Waals surface area contributed by atoms with E-state index in [-0.39, 0.29) is 0 Å². The zero-order valence-electron chi connectivity index (χ0n) is 13.5. The summed E-state index contributed by atoms with van der Waals surface area (Å²) in [6.07, 6.45) is 2.62. The van der Waals surface area contributed by atoms with E-state index < -0.39 is 0 Å². The van der Waals surface area contributed by atoms with Gasteiger partial charge in [-0.05, 0) is 43.6 Å². The molecule has 1 N–H and O–H groups in total. The van der Waals surface area contributed by atoms with Crippen LogP contribution >= 0.6 is 0 Å². The summed E-state index contributed by atoms with van der Waals surface area (Å²) in [5.74, 6) is 1.66. The molecule has 0 aliphatic heterocycles. The SMILES string of the molecule is CCN(CC)CCOc1ccc(CNC2CC2)cc1OC. The molecule has 0 radical (unpaired) electrons. The van der Waals surface area contributed by atoms with Crippen LogP contribution in [0, 0.1) is 0 Å². The van der Waals surface area contributed by atoms with Crippen LogP contribution in [0.2, 0.25) is 0 Å². The van der Waals surface area contributed by atoms with Gasteiger partial charge in [-0.1, -0.05) is 19.9 Å². The van der Waals surface area contributed by atoms with Gasteiger partial charge in [0.2, 0.25) is 0 Å². The maximum atomic E-state index is 5.87. The normalized spacial score (nSPS) is 14.5. The molecule has 0 atom stereocenters. The molecule has 4 heteroatoms. The molecule has 4 nitrogen and oxygen atoms in total. The Labute approximate surface area is 128 Å². The Balaban J connectivity index is 1.85. The van der Waals surface area contributed by atoms with Crippen LogP contribution in [-0.2, 0) is 6.54 Å². The monoisotopic (exact) mass is 292 g/mol. The number of nitrogens with zero attached hydrogens (tertiary/aromatic N) is 1. The predicted molar refractivity (Wildman–Crippen MR) is 86.1 cm³/mol. The third-order valence-corrected chi connectivity index (χ3v) is 3.96. The summed E-state index contributed by atoms with van der Waals surface area (Å²) < 4.78 is 11.3. The first kappa shape index (κ1) is 16.1. The molecule has 0 saturated heterocycles. The van der Waals surface area contributed by atoms with Crippen LogP contribution in [0.1, 0.15) is 32.3 Å². The minimum Gasteiger partial charge on any atom is -0.493 e. The van der Waals surface area contributed by atoms with Crippen LogP contribution in [0.15, 0.2) is 18.2 Å². The number of rotatable bonds is 10. The van der Waals surface area contributed by atoms with Crippen molar-refractivity contribution in [2.24, 2.45) is 0 Å². The molecule has 1 aromatic rings. The molecule has 1 aliphatic carbocycles. The topological polar surface area (TPSA) is 33.7 Å². The molecule has 21 heavy (non-hydrogen) atoms. The summed E-state index contributed by atoms with van der Waals surface area (Å²) in [5, 5.41) is 3.51. The average molecular weight is 292 g/mol. The Hall–Kier alpha value is -1.26. The minimum atomic E-state index is 0.692. The first-order valence-electron chi connectivity index (χ1n) is 8.02. The van der Waals surface area contributed by atoms with Crippen LogP contribution < -0.4 is 14.8 Å². The van der Waals surface area contributed by atoms with Crippen molar-refractivity contribution in [1.29, 1.82) is 0 Å². The number of nitrogens with one attached hydrogen (secondary N) is 1. The van der Waals surface area contributed by atoms with Crippen molar-refractivity contribution in [1.82, 2.24) is 10.2 Å². The van der Waals surface area contributed by atoms with Gasteiger partial charge in [-0.2, -0.15) is 0 Å². The van der Waals surface area contributed by atoms with Gasteiger partial charge in [0.15, 0.2) is 11.5 Å². The lowest BCUT2D eigenvalue weighted by molar-refractivity contribution is 0.217. The van der Waals surface area contributed by atoms with Crippen molar-refractivity contribution in [3.05, 3.63) is 23.8 Å². The van der Waals surface area contributed by atoms with Gasteiger partial charge in [0, 0.05) is 19.1 Å².